The number of aliphatic carboxylic acids is 1. The molecule has 4 heteroatoms. The van der Waals surface area contributed by atoms with Crippen LogP contribution in [-0.4, -0.2) is 47.3 Å². The van der Waals surface area contributed by atoms with Crippen LogP contribution < -0.4 is 0 Å². The Morgan fingerprint density at radius 1 is 1.21 bits per heavy atom. The lowest BCUT2D eigenvalue weighted by Crippen LogP contribution is -2.42. The summed E-state index contributed by atoms with van der Waals surface area (Å²) in [7, 11) is 0. The fraction of sp³-hybridized carbons (Fsp3) is 0.933. The van der Waals surface area contributed by atoms with Gasteiger partial charge in [0.25, 0.3) is 0 Å². The van der Waals surface area contributed by atoms with Gasteiger partial charge < -0.3 is 9.84 Å². The summed E-state index contributed by atoms with van der Waals surface area (Å²) in [6.45, 7) is 2.68. The molecule has 2 unspecified atom stereocenters. The van der Waals surface area contributed by atoms with Crippen molar-refractivity contribution in [3.05, 3.63) is 0 Å². The van der Waals surface area contributed by atoms with Crippen LogP contribution in [0.1, 0.15) is 51.4 Å². The second kappa shape index (κ2) is 5.41. The van der Waals surface area contributed by atoms with Gasteiger partial charge in [0.15, 0.2) is 0 Å². The van der Waals surface area contributed by atoms with E-state index in [2.05, 4.69) is 4.90 Å². The van der Waals surface area contributed by atoms with Crippen LogP contribution in [0, 0.1) is 5.92 Å². The van der Waals surface area contributed by atoms with Crippen molar-refractivity contribution in [2.24, 2.45) is 5.92 Å². The first-order chi connectivity index (χ1) is 9.17. The second-order valence-corrected chi connectivity index (χ2v) is 6.61. The Labute approximate surface area is 115 Å². The molecule has 0 amide bonds. The molecule has 2 aliphatic heterocycles. The van der Waals surface area contributed by atoms with Crippen LogP contribution in [-0.2, 0) is 9.53 Å². The quantitative estimate of drug-likeness (QED) is 0.852. The smallest absolute Gasteiger partial charge is 0.307 e. The Kier molecular flexibility index (Phi) is 3.81. The van der Waals surface area contributed by atoms with Crippen molar-refractivity contribution in [1.82, 2.24) is 4.90 Å². The second-order valence-electron chi connectivity index (χ2n) is 6.61. The first-order valence-electron chi connectivity index (χ1n) is 7.80. The summed E-state index contributed by atoms with van der Waals surface area (Å²) in [4.78, 5) is 13.4. The molecule has 2 heterocycles. The van der Waals surface area contributed by atoms with Crippen LogP contribution in [0.3, 0.4) is 0 Å². The fourth-order valence-corrected chi connectivity index (χ4v) is 4.12. The van der Waals surface area contributed by atoms with Crippen molar-refractivity contribution in [1.29, 1.82) is 0 Å². The van der Waals surface area contributed by atoms with E-state index in [0.717, 1.165) is 32.4 Å². The third-order valence-corrected chi connectivity index (χ3v) is 5.17. The molecule has 0 aromatic rings. The van der Waals surface area contributed by atoms with Gasteiger partial charge in [-0.3, -0.25) is 9.69 Å². The molecule has 19 heavy (non-hydrogen) atoms. The molecule has 0 radical (unpaired) electrons. The minimum absolute atomic E-state index is 0.171. The largest absolute Gasteiger partial charge is 0.481 e. The summed E-state index contributed by atoms with van der Waals surface area (Å²) in [6, 6.07) is 0. The summed E-state index contributed by atoms with van der Waals surface area (Å²) in [5.41, 5.74) is 0.201. The highest BCUT2D eigenvalue weighted by Crippen LogP contribution is 2.43. The zero-order valence-corrected chi connectivity index (χ0v) is 11.6. The fourth-order valence-electron chi connectivity index (χ4n) is 4.12. The number of likely N-dealkylation sites (tertiary alicyclic amines) is 1. The van der Waals surface area contributed by atoms with Gasteiger partial charge in [0.2, 0.25) is 0 Å². The predicted molar refractivity (Wildman–Crippen MR) is 72.1 cm³/mol. The van der Waals surface area contributed by atoms with Crippen LogP contribution in [0.25, 0.3) is 0 Å². The molecule has 0 bridgehead atoms. The van der Waals surface area contributed by atoms with Gasteiger partial charge in [0.1, 0.15) is 0 Å². The van der Waals surface area contributed by atoms with Gasteiger partial charge in [0.05, 0.1) is 17.6 Å². The van der Waals surface area contributed by atoms with Gasteiger partial charge in [-0.1, -0.05) is 12.8 Å². The summed E-state index contributed by atoms with van der Waals surface area (Å²) in [6.07, 6.45) is 9.67. The summed E-state index contributed by atoms with van der Waals surface area (Å²) in [5.74, 6) is -0.806. The Hall–Kier alpha value is -0.610. The molecule has 0 aromatic heterocycles. The Morgan fingerprint density at radius 2 is 2.00 bits per heavy atom. The third-order valence-electron chi connectivity index (χ3n) is 5.17. The van der Waals surface area contributed by atoms with Crippen molar-refractivity contribution >= 4 is 5.97 Å². The highest BCUT2D eigenvalue weighted by atomic mass is 16.5. The van der Waals surface area contributed by atoms with Gasteiger partial charge in [-0.2, -0.15) is 0 Å². The topological polar surface area (TPSA) is 49.8 Å². The molecule has 3 fully saturated rings. The zero-order valence-electron chi connectivity index (χ0n) is 11.6. The van der Waals surface area contributed by atoms with Gasteiger partial charge in [0, 0.05) is 13.1 Å². The number of ether oxygens (including phenoxy) is 1. The molecule has 1 spiro atoms. The van der Waals surface area contributed by atoms with Gasteiger partial charge >= 0.3 is 5.97 Å². The van der Waals surface area contributed by atoms with E-state index in [9.17, 15) is 4.79 Å². The number of hydrogen-bond donors (Lipinski definition) is 1. The molecular formula is C15H25NO3. The number of hydrogen-bond acceptors (Lipinski definition) is 3. The summed E-state index contributed by atoms with van der Waals surface area (Å²) < 4.78 is 6.32. The molecule has 3 aliphatic rings. The number of carbonyl (C=O) groups is 1. The third kappa shape index (κ3) is 2.95. The molecule has 4 nitrogen and oxygen atoms in total. The van der Waals surface area contributed by atoms with Crippen LogP contribution in [0.4, 0.5) is 0 Å². The van der Waals surface area contributed by atoms with E-state index in [1.807, 2.05) is 0 Å². The Bertz CT molecular complexity index is 338. The lowest BCUT2D eigenvalue weighted by atomic mass is 9.97. The van der Waals surface area contributed by atoms with E-state index < -0.39 is 5.97 Å². The first kappa shape index (κ1) is 13.4. The minimum atomic E-state index is -0.635. The number of piperidine rings is 1. The van der Waals surface area contributed by atoms with E-state index in [4.69, 9.17) is 9.84 Å². The van der Waals surface area contributed by atoms with Crippen molar-refractivity contribution < 1.29 is 14.6 Å². The molecule has 0 aromatic carbocycles. The van der Waals surface area contributed by atoms with Crippen molar-refractivity contribution in [3.8, 4) is 0 Å². The zero-order chi connectivity index (χ0) is 13.3. The molecule has 3 rings (SSSR count). The van der Waals surface area contributed by atoms with Crippen molar-refractivity contribution in [2.45, 2.75) is 63.1 Å². The van der Waals surface area contributed by atoms with Gasteiger partial charge in [-0.15, -0.1) is 0 Å². The SMILES string of the molecule is O=C(O)C1CCCN(CC2CCC3(CCCC3)O2)C1. The molecule has 1 N–H and O–H groups in total. The van der Waals surface area contributed by atoms with E-state index in [-0.39, 0.29) is 11.5 Å². The van der Waals surface area contributed by atoms with E-state index in [1.54, 1.807) is 0 Å². The molecule has 2 atom stereocenters. The highest BCUT2D eigenvalue weighted by molar-refractivity contribution is 5.70. The highest BCUT2D eigenvalue weighted by Gasteiger charge is 2.42. The Balaban J connectivity index is 1.50. The number of carboxylic acid groups (broad SMARTS) is 1. The van der Waals surface area contributed by atoms with E-state index >= 15 is 0 Å². The van der Waals surface area contributed by atoms with Gasteiger partial charge in [-0.25, -0.2) is 0 Å². The van der Waals surface area contributed by atoms with Crippen LogP contribution >= 0.6 is 0 Å². The maximum Gasteiger partial charge on any atom is 0.307 e. The normalized spacial score (nSPS) is 34.9. The number of nitrogens with zero attached hydrogens (tertiary/aromatic N) is 1. The predicted octanol–water partition coefficient (Wildman–Crippen LogP) is 2.27. The standard InChI is InChI=1S/C15H25NO3/c17-14(18)12-4-3-9-16(10-12)11-13-5-8-15(19-13)6-1-2-7-15/h12-13H,1-11H2,(H,17,18). The van der Waals surface area contributed by atoms with Crippen molar-refractivity contribution in [2.75, 3.05) is 19.6 Å². The first-order valence-corrected chi connectivity index (χ1v) is 7.80. The lowest BCUT2D eigenvalue weighted by molar-refractivity contribution is -0.144. The minimum Gasteiger partial charge on any atom is -0.481 e. The maximum absolute atomic E-state index is 11.1. The number of rotatable bonds is 3. The molecule has 1 aliphatic carbocycles. The molecule has 1 saturated carbocycles. The molecule has 2 saturated heterocycles. The molecular weight excluding hydrogens is 242 g/mol. The van der Waals surface area contributed by atoms with Gasteiger partial charge in [-0.05, 0) is 45.1 Å². The Morgan fingerprint density at radius 3 is 2.74 bits per heavy atom. The van der Waals surface area contributed by atoms with Crippen LogP contribution in [0.2, 0.25) is 0 Å². The van der Waals surface area contributed by atoms with E-state index in [0.29, 0.717) is 12.6 Å². The van der Waals surface area contributed by atoms with Crippen molar-refractivity contribution in [3.63, 3.8) is 0 Å². The maximum atomic E-state index is 11.1. The van der Waals surface area contributed by atoms with E-state index in [1.165, 1.54) is 32.1 Å². The average Bonchev–Trinajstić information content (AvgIpc) is 3.01. The number of carboxylic acids is 1. The van der Waals surface area contributed by atoms with Crippen LogP contribution in [0.5, 0.6) is 0 Å². The molecule has 108 valence electrons. The van der Waals surface area contributed by atoms with Crippen LogP contribution in [0.15, 0.2) is 0 Å². The monoisotopic (exact) mass is 267 g/mol. The average molecular weight is 267 g/mol. The summed E-state index contributed by atoms with van der Waals surface area (Å²) in [5, 5.41) is 9.13. The summed E-state index contributed by atoms with van der Waals surface area (Å²) >= 11 is 0. The lowest BCUT2D eigenvalue weighted by Gasteiger charge is -2.33.